The number of hydrogen-bond acceptors (Lipinski definition) is 6. The van der Waals surface area contributed by atoms with Crippen LogP contribution in [-0.4, -0.2) is 30.3 Å². The zero-order chi connectivity index (χ0) is 22.6. The second-order valence-electron chi connectivity index (χ2n) is 9.52. The fraction of sp³-hybridized carbons (Fsp3) is 0.417. The summed E-state index contributed by atoms with van der Waals surface area (Å²) in [4.78, 5) is 19.4. The molecule has 2 unspecified atom stereocenters. The zero-order valence-corrected chi connectivity index (χ0v) is 18.9. The van der Waals surface area contributed by atoms with Crippen LogP contribution in [0.25, 0.3) is 11.0 Å². The molecule has 1 amide bonds. The minimum absolute atomic E-state index is 0.0496. The van der Waals surface area contributed by atoms with Crippen molar-refractivity contribution in [3.63, 3.8) is 0 Å². The number of nitrogens with zero attached hydrogens (tertiary/aromatic N) is 1. The molecule has 0 aliphatic heterocycles. The van der Waals surface area contributed by atoms with Crippen molar-refractivity contribution < 1.29 is 17.4 Å². The molecule has 8 nitrogen and oxygen atoms in total. The largest absolute Gasteiger partial charge is 0.382 e. The summed E-state index contributed by atoms with van der Waals surface area (Å²) in [6, 6.07) is 12.0. The number of H-pyrrole nitrogens is 1. The molecular formula is C24H26N4O4S. The van der Waals surface area contributed by atoms with Crippen molar-refractivity contribution >= 4 is 38.7 Å². The number of aromatic amines is 1. The molecule has 0 spiro atoms. The fourth-order valence-corrected chi connectivity index (χ4v) is 6.11. The maximum absolute atomic E-state index is 12.8. The number of rotatable bonds is 7. The first-order chi connectivity index (χ1) is 15.9. The third-order valence-corrected chi connectivity index (χ3v) is 8.34. The van der Waals surface area contributed by atoms with Crippen molar-refractivity contribution in [1.29, 1.82) is 0 Å². The van der Waals surface area contributed by atoms with E-state index < -0.39 is 10.1 Å². The first-order valence-electron chi connectivity index (χ1n) is 11.5. The number of carbonyl (C=O) groups is 1. The van der Waals surface area contributed by atoms with Crippen LogP contribution in [0.1, 0.15) is 38.5 Å². The maximum atomic E-state index is 12.8. The van der Waals surface area contributed by atoms with Crippen LogP contribution in [-0.2, 0) is 14.9 Å². The highest BCUT2D eigenvalue weighted by molar-refractivity contribution is 7.87. The Morgan fingerprint density at radius 3 is 2.55 bits per heavy atom. The van der Waals surface area contributed by atoms with Crippen LogP contribution in [0.5, 0.6) is 5.75 Å². The Labute approximate surface area is 192 Å². The summed E-state index contributed by atoms with van der Waals surface area (Å²) in [5.41, 5.74) is 2.13. The molecule has 2 bridgehead atoms. The van der Waals surface area contributed by atoms with E-state index in [0.717, 1.165) is 30.4 Å². The molecule has 2 aromatic carbocycles. The van der Waals surface area contributed by atoms with Gasteiger partial charge >= 0.3 is 10.1 Å². The van der Waals surface area contributed by atoms with Crippen molar-refractivity contribution in [3.05, 3.63) is 42.5 Å². The maximum Gasteiger partial charge on any atom is 0.339 e. The van der Waals surface area contributed by atoms with Crippen LogP contribution < -0.4 is 14.8 Å². The molecule has 1 heterocycles. The summed E-state index contributed by atoms with van der Waals surface area (Å²) in [6.07, 6.45) is 6.96. The van der Waals surface area contributed by atoms with Gasteiger partial charge in [-0.25, -0.2) is 4.98 Å². The van der Waals surface area contributed by atoms with Gasteiger partial charge in [-0.1, -0.05) is 6.42 Å². The van der Waals surface area contributed by atoms with Crippen molar-refractivity contribution in [3.8, 4) is 5.75 Å². The van der Waals surface area contributed by atoms with Crippen molar-refractivity contribution in [1.82, 2.24) is 9.97 Å². The van der Waals surface area contributed by atoms with E-state index in [0.29, 0.717) is 23.0 Å². The van der Waals surface area contributed by atoms with E-state index in [4.69, 9.17) is 4.18 Å². The molecule has 3 aromatic rings. The molecule has 3 atom stereocenters. The summed E-state index contributed by atoms with van der Waals surface area (Å²) < 4.78 is 31.0. The zero-order valence-electron chi connectivity index (χ0n) is 18.1. The molecule has 3 fully saturated rings. The van der Waals surface area contributed by atoms with Gasteiger partial charge in [-0.15, -0.1) is 0 Å². The Kier molecular flexibility index (Phi) is 4.83. The molecule has 172 valence electrons. The first kappa shape index (κ1) is 20.5. The van der Waals surface area contributed by atoms with Gasteiger partial charge in [0, 0.05) is 23.7 Å². The monoisotopic (exact) mass is 466 g/mol. The highest BCUT2D eigenvalue weighted by Gasteiger charge is 2.39. The van der Waals surface area contributed by atoms with E-state index in [2.05, 4.69) is 20.6 Å². The Balaban J connectivity index is 1.14. The van der Waals surface area contributed by atoms with E-state index in [1.165, 1.54) is 25.7 Å². The summed E-state index contributed by atoms with van der Waals surface area (Å²) in [7, 11) is -3.99. The minimum Gasteiger partial charge on any atom is -0.382 e. The first-order valence-corrected chi connectivity index (χ1v) is 13.0. The second kappa shape index (κ2) is 7.76. The summed E-state index contributed by atoms with van der Waals surface area (Å²) in [6.45, 7) is 0. The third kappa shape index (κ3) is 4.17. The SMILES string of the molecule is O=C(Nc1nc2cc(OS(=O)(=O)c3ccc(N[C@@H]4CC5CCC4C5)cc3)ccc2[nH]1)C1CC1. The van der Waals surface area contributed by atoms with Gasteiger partial charge in [0.15, 0.2) is 0 Å². The molecule has 1 aromatic heterocycles. The Morgan fingerprint density at radius 2 is 1.85 bits per heavy atom. The number of anilines is 2. The van der Waals surface area contributed by atoms with E-state index in [1.807, 2.05) is 0 Å². The van der Waals surface area contributed by atoms with Crippen LogP contribution in [0.15, 0.2) is 47.4 Å². The number of amides is 1. The highest BCUT2D eigenvalue weighted by Crippen LogP contribution is 2.45. The average Bonchev–Trinajstić information content (AvgIpc) is 3.25. The normalized spacial score (nSPS) is 24.2. The predicted molar refractivity (Wildman–Crippen MR) is 125 cm³/mol. The van der Waals surface area contributed by atoms with Gasteiger partial charge in [0.05, 0.1) is 11.0 Å². The highest BCUT2D eigenvalue weighted by atomic mass is 32.2. The molecule has 0 radical (unpaired) electrons. The number of imidazole rings is 1. The van der Waals surface area contributed by atoms with Crippen LogP contribution in [0.4, 0.5) is 11.6 Å². The molecule has 3 N–H and O–H groups in total. The number of nitrogens with one attached hydrogen (secondary N) is 3. The van der Waals surface area contributed by atoms with Crippen LogP contribution >= 0.6 is 0 Å². The predicted octanol–water partition coefficient (Wildman–Crippen LogP) is 4.28. The topological polar surface area (TPSA) is 113 Å². The molecule has 3 aliphatic rings. The van der Waals surface area contributed by atoms with Crippen LogP contribution in [0, 0.1) is 17.8 Å². The molecule has 9 heteroatoms. The van der Waals surface area contributed by atoms with Crippen LogP contribution in [0.3, 0.4) is 0 Å². The van der Waals surface area contributed by atoms with Gasteiger partial charge in [-0.3, -0.25) is 10.1 Å². The molecule has 0 saturated heterocycles. The minimum atomic E-state index is -3.99. The summed E-state index contributed by atoms with van der Waals surface area (Å²) >= 11 is 0. The van der Waals surface area contributed by atoms with E-state index in [9.17, 15) is 13.2 Å². The van der Waals surface area contributed by atoms with E-state index in [1.54, 1.807) is 42.5 Å². The van der Waals surface area contributed by atoms with Gasteiger partial charge in [-0.05, 0) is 80.3 Å². The number of carbonyl (C=O) groups excluding carboxylic acids is 1. The Morgan fingerprint density at radius 1 is 1.03 bits per heavy atom. The summed E-state index contributed by atoms with van der Waals surface area (Å²) in [5.74, 6) is 2.11. The average molecular weight is 467 g/mol. The van der Waals surface area contributed by atoms with Gasteiger partial charge in [0.2, 0.25) is 11.9 Å². The number of hydrogen-bond donors (Lipinski definition) is 3. The second-order valence-corrected chi connectivity index (χ2v) is 11.1. The molecular weight excluding hydrogens is 440 g/mol. The van der Waals surface area contributed by atoms with E-state index >= 15 is 0 Å². The van der Waals surface area contributed by atoms with E-state index in [-0.39, 0.29) is 22.5 Å². The summed E-state index contributed by atoms with van der Waals surface area (Å²) in [5, 5.41) is 6.33. The lowest BCUT2D eigenvalue weighted by Gasteiger charge is -2.24. The lowest BCUT2D eigenvalue weighted by atomic mass is 9.95. The van der Waals surface area contributed by atoms with Gasteiger partial charge in [0.1, 0.15) is 10.6 Å². The quantitative estimate of drug-likeness (QED) is 0.448. The number of benzene rings is 2. The lowest BCUT2D eigenvalue weighted by molar-refractivity contribution is -0.117. The molecule has 33 heavy (non-hydrogen) atoms. The van der Waals surface area contributed by atoms with Crippen molar-refractivity contribution in [2.24, 2.45) is 17.8 Å². The smallest absolute Gasteiger partial charge is 0.339 e. The third-order valence-electron chi connectivity index (χ3n) is 7.08. The molecule has 3 saturated carbocycles. The lowest BCUT2D eigenvalue weighted by Crippen LogP contribution is -2.25. The Bertz CT molecular complexity index is 1310. The molecule has 3 aliphatic carbocycles. The van der Waals surface area contributed by atoms with Gasteiger partial charge in [0.25, 0.3) is 0 Å². The van der Waals surface area contributed by atoms with Crippen LogP contribution in [0.2, 0.25) is 0 Å². The van der Waals surface area contributed by atoms with Gasteiger partial charge in [-0.2, -0.15) is 8.42 Å². The van der Waals surface area contributed by atoms with Gasteiger partial charge < -0.3 is 14.5 Å². The fourth-order valence-electron chi connectivity index (χ4n) is 5.19. The number of aromatic nitrogens is 2. The van der Waals surface area contributed by atoms with Crippen molar-refractivity contribution in [2.75, 3.05) is 10.6 Å². The van der Waals surface area contributed by atoms with Crippen molar-refractivity contribution in [2.45, 2.75) is 49.5 Å². The number of fused-ring (bicyclic) bond motifs is 3. The standard InChI is InChI=1S/C24H26N4O4S/c29-23(15-3-4-15)28-24-26-20-10-7-18(13-22(20)27-24)32-33(30,31)19-8-5-17(6-9-19)25-21-12-14-1-2-16(21)11-14/h5-10,13-16,21,25H,1-4,11-12H2,(H2,26,27,28,29)/t14?,16?,21-/m1/s1. The molecule has 6 rings (SSSR count). The Hall–Kier alpha value is -3.07.